The summed E-state index contributed by atoms with van der Waals surface area (Å²) >= 11 is 3.34. The largest absolute Gasteiger partial charge is 0.392 e. The molecule has 1 unspecified atom stereocenters. The van der Waals surface area contributed by atoms with Crippen molar-refractivity contribution in [1.82, 2.24) is 5.32 Å². The van der Waals surface area contributed by atoms with E-state index in [0.29, 0.717) is 18.7 Å². The van der Waals surface area contributed by atoms with Crippen LogP contribution in [0.2, 0.25) is 0 Å². The summed E-state index contributed by atoms with van der Waals surface area (Å²) < 4.78 is 0.793. The molecule has 0 radical (unpaired) electrons. The number of aliphatic hydroxyl groups excluding tert-OH is 1. The Morgan fingerprint density at radius 2 is 2.24 bits per heavy atom. The maximum Gasteiger partial charge on any atom is 0.103 e. The average Bonchev–Trinajstić information content (AvgIpc) is 2.28. The van der Waals surface area contributed by atoms with Crippen molar-refractivity contribution < 1.29 is 5.11 Å². The fraction of sp³-hybridized carbons (Fsp3) is 0.417. The topological polar surface area (TPSA) is 68.1 Å². The predicted octanol–water partition coefficient (Wildman–Crippen LogP) is 1.70. The van der Waals surface area contributed by atoms with Gasteiger partial charge in [-0.25, -0.2) is 0 Å². The van der Waals surface area contributed by atoms with E-state index in [9.17, 15) is 0 Å². The lowest BCUT2D eigenvalue weighted by Gasteiger charge is -2.10. The molecule has 0 bridgehead atoms. The van der Waals surface area contributed by atoms with Crippen molar-refractivity contribution in [1.29, 1.82) is 5.26 Å². The first kappa shape index (κ1) is 14.0. The quantitative estimate of drug-likeness (QED) is 0.699. The molecule has 0 amide bonds. The van der Waals surface area contributed by atoms with Crippen LogP contribution < -0.4 is 10.6 Å². The molecule has 1 rings (SSSR count). The Hall–Kier alpha value is -1.09. The SMILES string of the molecule is CC(O)CNCCNc1cccc(Br)c1C#N. The van der Waals surface area contributed by atoms with Crippen LogP contribution in [-0.2, 0) is 0 Å². The smallest absolute Gasteiger partial charge is 0.103 e. The lowest BCUT2D eigenvalue weighted by molar-refractivity contribution is 0.192. The number of benzene rings is 1. The van der Waals surface area contributed by atoms with Crippen molar-refractivity contribution in [3.63, 3.8) is 0 Å². The number of nitrogens with zero attached hydrogens (tertiary/aromatic N) is 1. The zero-order chi connectivity index (χ0) is 12.7. The van der Waals surface area contributed by atoms with Gasteiger partial charge in [-0.3, -0.25) is 0 Å². The summed E-state index contributed by atoms with van der Waals surface area (Å²) in [7, 11) is 0. The van der Waals surface area contributed by atoms with Gasteiger partial charge in [0.15, 0.2) is 0 Å². The second kappa shape index (κ2) is 7.28. The first-order valence-electron chi connectivity index (χ1n) is 5.46. The predicted molar refractivity (Wildman–Crippen MR) is 71.9 cm³/mol. The van der Waals surface area contributed by atoms with Crippen LogP contribution in [-0.4, -0.2) is 30.8 Å². The van der Waals surface area contributed by atoms with Crippen molar-refractivity contribution in [3.05, 3.63) is 28.2 Å². The van der Waals surface area contributed by atoms with Gasteiger partial charge in [-0.15, -0.1) is 0 Å². The zero-order valence-corrected chi connectivity index (χ0v) is 11.3. The van der Waals surface area contributed by atoms with Crippen molar-refractivity contribution in [3.8, 4) is 6.07 Å². The van der Waals surface area contributed by atoms with E-state index in [0.717, 1.165) is 16.7 Å². The minimum absolute atomic E-state index is 0.337. The van der Waals surface area contributed by atoms with Gasteiger partial charge in [0, 0.05) is 24.1 Å². The van der Waals surface area contributed by atoms with Crippen LogP contribution in [0.25, 0.3) is 0 Å². The fourth-order valence-electron chi connectivity index (χ4n) is 1.38. The van der Waals surface area contributed by atoms with Crippen LogP contribution in [0, 0.1) is 11.3 Å². The highest BCUT2D eigenvalue weighted by atomic mass is 79.9. The van der Waals surface area contributed by atoms with Gasteiger partial charge < -0.3 is 15.7 Å². The van der Waals surface area contributed by atoms with Crippen molar-refractivity contribution in [2.24, 2.45) is 0 Å². The fourth-order valence-corrected chi connectivity index (χ4v) is 1.84. The Labute approximate surface area is 110 Å². The highest BCUT2D eigenvalue weighted by Gasteiger charge is 2.04. The van der Waals surface area contributed by atoms with Crippen LogP contribution >= 0.6 is 15.9 Å². The number of hydrogen-bond donors (Lipinski definition) is 3. The monoisotopic (exact) mass is 297 g/mol. The Morgan fingerprint density at radius 3 is 2.88 bits per heavy atom. The summed E-state index contributed by atoms with van der Waals surface area (Å²) in [6, 6.07) is 7.75. The van der Waals surface area contributed by atoms with E-state index in [1.807, 2.05) is 18.2 Å². The number of rotatable bonds is 6. The third-order valence-corrected chi connectivity index (χ3v) is 2.84. The maximum atomic E-state index is 9.06. The minimum Gasteiger partial charge on any atom is -0.392 e. The van der Waals surface area contributed by atoms with Gasteiger partial charge in [-0.1, -0.05) is 6.07 Å². The third-order valence-electron chi connectivity index (χ3n) is 2.18. The molecule has 0 spiro atoms. The molecular weight excluding hydrogens is 282 g/mol. The molecule has 92 valence electrons. The molecule has 0 saturated heterocycles. The zero-order valence-electron chi connectivity index (χ0n) is 9.70. The van der Waals surface area contributed by atoms with E-state index in [1.54, 1.807) is 6.92 Å². The van der Waals surface area contributed by atoms with E-state index >= 15 is 0 Å². The Balaban J connectivity index is 2.42. The lowest BCUT2D eigenvalue weighted by atomic mass is 10.2. The van der Waals surface area contributed by atoms with Gasteiger partial charge in [-0.05, 0) is 35.0 Å². The van der Waals surface area contributed by atoms with Crippen LogP contribution in [0.3, 0.4) is 0 Å². The van der Waals surface area contributed by atoms with Gasteiger partial charge in [-0.2, -0.15) is 5.26 Å². The molecule has 3 N–H and O–H groups in total. The lowest BCUT2D eigenvalue weighted by Crippen LogP contribution is -2.29. The molecule has 1 aromatic rings. The molecule has 0 fully saturated rings. The Morgan fingerprint density at radius 1 is 1.47 bits per heavy atom. The van der Waals surface area contributed by atoms with E-state index in [1.165, 1.54) is 0 Å². The van der Waals surface area contributed by atoms with Gasteiger partial charge in [0.2, 0.25) is 0 Å². The number of halogens is 1. The molecule has 0 aliphatic heterocycles. The molecule has 0 aliphatic carbocycles. The normalized spacial score (nSPS) is 11.9. The number of nitriles is 1. The third kappa shape index (κ3) is 4.73. The van der Waals surface area contributed by atoms with Crippen molar-refractivity contribution >= 4 is 21.6 Å². The molecule has 1 aromatic carbocycles. The minimum atomic E-state index is -0.337. The number of nitrogens with one attached hydrogen (secondary N) is 2. The first-order valence-corrected chi connectivity index (χ1v) is 6.25. The molecular formula is C12H16BrN3O. The molecule has 17 heavy (non-hydrogen) atoms. The Kier molecular flexibility index (Phi) is 5.98. The molecule has 5 heteroatoms. The van der Waals surface area contributed by atoms with Crippen LogP contribution in [0.4, 0.5) is 5.69 Å². The van der Waals surface area contributed by atoms with Gasteiger partial charge >= 0.3 is 0 Å². The average molecular weight is 298 g/mol. The summed E-state index contributed by atoms with van der Waals surface area (Å²) in [5, 5.41) is 24.3. The van der Waals surface area contributed by atoms with E-state index in [4.69, 9.17) is 10.4 Å². The maximum absolute atomic E-state index is 9.06. The van der Waals surface area contributed by atoms with Crippen molar-refractivity contribution in [2.45, 2.75) is 13.0 Å². The second-order valence-electron chi connectivity index (χ2n) is 3.75. The standard InChI is InChI=1S/C12H16BrN3O/c1-9(17)8-15-5-6-16-12-4-2-3-11(13)10(12)7-14/h2-4,9,15-17H,5-6,8H2,1H3. The summed E-state index contributed by atoms with van der Waals surface area (Å²) in [5.41, 5.74) is 1.43. The number of aliphatic hydroxyl groups is 1. The van der Waals surface area contributed by atoms with Crippen LogP contribution in [0.5, 0.6) is 0 Å². The molecule has 0 aliphatic rings. The number of anilines is 1. The van der Waals surface area contributed by atoms with Crippen LogP contribution in [0.15, 0.2) is 22.7 Å². The number of hydrogen-bond acceptors (Lipinski definition) is 4. The summed E-state index contributed by atoms with van der Waals surface area (Å²) in [5.74, 6) is 0. The van der Waals surface area contributed by atoms with E-state index in [-0.39, 0.29) is 6.10 Å². The van der Waals surface area contributed by atoms with Gasteiger partial charge in [0.1, 0.15) is 6.07 Å². The second-order valence-corrected chi connectivity index (χ2v) is 4.61. The first-order chi connectivity index (χ1) is 8.15. The van der Waals surface area contributed by atoms with Crippen LogP contribution in [0.1, 0.15) is 12.5 Å². The van der Waals surface area contributed by atoms with E-state index in [2.05, 4.69) is 32.6 Å². The molecule has 0 saturated carbocycles. The van der Waals surface area contributed by atoms with Gasteiger partial charge in [0.25, 0.3) is 0 Å². The molecule has 0 aromatic heterocycles. The molecule has 1 atom stereocenters. The molecule has 4 nitrogen and oxygen atoms in total. The Bertz CT molecular complexity index is 401. The summed E-state index contributed by atoms with van der Waals surface area (Å²) in [6.45, 7) is 3.76. The summed E-state index contributed by atoms with van der Waals surface area (Å²) in [4.78, 5) is 0. The van der Waals surface area contributed by atoms with Crippen molar-refractivity contribution in [2.75, 3.05) is 25.0 Å². The summed E-state index contributed by atoms with van der Waals surface area (Å²) in [6.07, 6.45) is -0.337. The van der Waals surface area contributed by atoms with Gasteiger partial charge in [0.05, 0.1) is 17.4 Å². The molecule has 0 heterocycles. The highest BCUT2D eigenvalue weighted by Crippen LogP contribution is 2.23. The van der Waals surface area contributed by atoms with E-state index < -0.39 is 0 Å². The highest BCUT2D eigenvalue weighted by molar-refractivity contribution is 9.10.